The van der Waals surface area contributed by atoms with E-state index in [1.54, 1.807) is 4.90 Å². The highest BCUT2D eigenvalue weighted by atomic mass is 16.2. The Hall–Kier alpha value is -2.89. The van der Waals surface area contributed by atoms with Crippen molar-refractivity contribution in [1.82, 2.24) is 15.1 Å². The van der Waals surface area contributed by atoms with Gasteiger partial charge in [-0.2, -0.15) is 0 Å². The number of nitrogens with zero attached hydrogens (tertiary/aromatic N) is 2. The van der Waals surface area contributed by atoms with Crippen molar-refractivity contribution in [3.8, 4) is 0 Å². The van der Waals surface area contributed by atoms with Gasteiger partial charge in [-0.15, -0.1) is 0 Å². The molecule has 29 heavy (non-hydrogen) atoms. The molecule has 2 saturated heterocycles. The molecule has 0 unspecified atom stereocenters. The molecular formula is C23H27N3O3. The summed E-state index contributed by atoms with van der Waals surface area (Å²) in [6, 6.07) is 13.6. The van der Waals surface area contributed by atoms with Crippen molar-refractivity contribution in [2.24, 2.45) is 5.92 Å². The van der Waals surface area contributed by atoms with E-state index >= 15 is 0 Å². The number of amides is 3. The molecule has 0 aromatic heterocycles. The van der Waals surface area contributed by atoms with Gasteiger partial charge in [0, 0.05) is 38.2 Å². The van der Waals surface area contributed by atoms with E-state index in [9.17, 15) is 14.4 Å². The van der Waals surface area contributed by atoms with E-state index in [1.165, 1.54) is 0 Å². The molecule has 4 rings (SSSR count). The lowest BCUT2D eigenvalue weighted by Gasteiger charge is -2.34. The van der Waals surface area contributed by atoms with E-state index in [0.29, 0.717) is 31.6 Å². The largest absolute Gasteiger partial charge is 0.352 e. The third kappa shape index (κ3) is 4.42. The van der Waals surface area contributed by atoms with Gasteiger partial charge in [-0.05, 0) is 42.0 Å². The Morgan fingerprint density at radius 2 is 1.86 bits per heavy atom. The smallest absolute Gasteiger partial charge is 0.251 e. The molecule has 1 atom stereocenters. The minimum Gasteiger partial charge on any atom is -0.352 e. The molecule has 2 aliphatic rings. The topological polar surface area (TPSA) is 69.7 Å². The first-order chi connectivity index (χ1) is 14.1. The van der Waals surface area contributed by atoms with Crippen LogP contribution in [0.3, 0.4) is 0 Å². The van der Waals surface area contributed by atoms with Crippen molar-refractivity contribution >= 4 is 28.5 Å². The molecule has 2 heterocycles. The summed E-state index contributed by atoms with van der Waals surface area (Å²) in [6.07, 6.45) is 3.31. The fourth-order valence-electron chi connectivity index (χ4n) is 4.35. The number of nitrogens with one attached hydrogen (secondary N) is 1. The average Bonchev–Trinajstić information content (AvgIpc) is 3.16. The summed E-state index contributed by atoms with van der Waals surface area (Å²) in [6.45, 7) is 2.79. The molecule has 1 N–H and O–H groups in total. The highest BCUT2D eigenvalue weighted by Gasteiger charge is 2.28. The predicted octanol–water partition coefficient (Wildman–Crippen LogP) is 2.43. The maximum Gasteiger partial charge on any atom is 0.251 e. The number of carbonyl (C=O) groups excluding carboxylic acids is 3. The monoisotopic (exact) mass is 393 g/mol. The van der Waals surface area contributed by atoms with Crippen molar-refractivity contribution in [2.45, 2.75) is 25.7 Å². The van der Waals surface area contributed by atoms with Gasteiger partial charge in [-0.25, -0.2) is 0 Å². The van der Waals surface area contributed by atoms with Gasteiger partial charge in [0.2, 0.25) is 11.8 Å². The molecule has 2 aromatic carbocycles. The van der Waals surface area contributed by atoms with Crippen LogP contribution in [0.25, 0.3) is 10.8 Å². The first-order valence-corrected chi connectivity index (χ1v) is 10.4. The summed E-state index contributed by atoms with van der Waals surface area (Å²) in [5, 5.41) is 5.05. The van der Waals surface area contributed by atoms with E-state index in [2.05, 4.69) is 5.32 Å². The molecule has 0 bridgehead atoms. The number of likely N-dealkylation sites (tertiary alicyclic amines) is 2. The Balaban J connectivity index is 1.33. The Kier molecular flexibility index (Phi) is 5.79. The number of hydrogen-bond acceptors (Lipinski definition) is 3. The number of carbonyl (C=O) groups is 3. The van der Waals surface area contributed by atoms with Gasteiger partial charge < -0.3 is 15.1 Å². The molecule has 0 saturated carbocycles. The zero-order chi connectivity index (χ0) is 20.2. The lowest BCUT2D eigenvalue weighted by molar-refractivity contribution is -0.139. The van der Waals surface area contributed by atoms with Crippen molar-refractivity contribution in [3.05, 3.63) is 48.0 Å². The van der Waals surface area contributed by atoms with Crippen LogP contribution in [0.4, 0.5) is 0 Å². The lowest BCUT2D eigenvalue weighted by Crippen LogP contribution is -2.47. The molecule has 6 heteroatoms. The highest BCUT2D eigenvalue weighted by Crippen LogP contribution is 2.20. The van der Waals surface area contributed by atoms with E-state index in [4.69, 9.17) is 0 Å². The molecule has 2 aliphatic heterocycles. The number of rotatable bonds is 5. The van der Waals surface area contributed by atoms with Crippen LogP contribution in [0, 0.1) is 5.92 Å². The maximum atomic E-state index is 12.7. The van der Waals surface area contributed by atoms with Gasteiger partial charge in [0.15, 0.2) is 0 Å². The van der Waals surface area contributed by atoms with Gasteiger partial charge in [0.25, 0.3) is 5.91 Å². The summed E-state index contributed by atoms with van der Waals surface area (Å²) in [5.74, 6) is 0.258. The van der Waals surface area contributed by atoms with Gasteiger partial charge >= 0.3 is 0 Å². The Bertz CT molecular complexity index is 921. The second kappa shape index (κ2) is 8.64. The minimum atomic E-state index is -0.0760. The average molecular weight is 393 g/mol. The van der Waals surface area contributed by atoms with Crippen LogP contribution in [-0.4, -0.2) is 60.2 Å². The molecule has 3 amide bonds. The lowest BCUT2D eigenvalue weighted by atomic mass is 9.97. The maximum absolute atomic E-state index is 12.7. The number of benzene rings is 2. The summed E-state index contributed by atoms with van der Waals surface area (Å²) in [4.78, 5) is 40.6. The van der Waals surface area contributed by atoms with Crippen molar-refractivity contribution in [1.29, 1.82) is 0 Å². The van der Waals surface area contributed by atoms with Crippen LogP contribution in [0.15, 0.2) is 42.5 Å². The molecular weight excluding hydrogens is 366 g/mol. The van der Waals surface area contributed by atoms with E-state index in [-0.39, 0.29) is 30.2 Å². The zero-order valence-corrected chi connectivity index (χ0v) is 16.6. The van der Waals surface area contributed by atoms with Crippen LogP contribution in [0.1, 0.15) is 36.0 Å². The molecule has 2 aromatic rings. The van der Waals surface area contributed by atoms with Crippen LogP contribution >= 0.6 is 0 Å². The summed E-state index contributed by atoms with van der Waals surface area (Å²) < 4.78 is 0. The molecule has 0 aliphatic carbocycles. The van der Waals surface area contributed by atoms with Gasteiger partial charge in [0.1, 0.15) is 0 Å². The van der Waals surface area contributed by atoms with Gasteiger partial charge in [-0.1, -0.05) is 36.4 Å². The molecule has 152 valence electrons. The number of piperidine rings is 1. The second-order valence-corrected chi connectivity index (χ2v) is 8.00. The SMILES string of the molecule is O=C(NC[C@@H]1CCCN(C(=O)CN2CCCC2=O)C1)c1cccc2ccccc12. The van der Waals surface area contributed by atoms with Crippen molar-refractivity contribution < 1.29 is 14.4 Å². The molecule has 2 fully saturated rings. The fourth-order valence-corrected chi connectivity index (χ4v) is 4.35. The van der Waals surface area contributed by atoms with Crippen LogP contribution in [-0.2, 0) is 9.59 Å². The minimum absolute atomic E-state index is 0.0188. The molecule has 0 spiro atoms. The third-order valence-electron chi connectivity index (χ3n) is 5.95. The van der Waals surface area contributed by atoms with Crippen LogP contribution in [0.5, 0.6) is 0 Å². The van der Waals surface area contributed by atoms with Crippen LogP contribution in [0.2, 0.25) is 0 Å². The molecule has 6 nitrogen and oxygen atoms in total. The first-order valence-electron chi connectivity index (χ1n) is 10.4. The van der Waals surface area contributed by atoms with Gasteiger partial charge in [-0.3, -0.25) is 14.4 Å². The summed E-state index contributed by atoms with van der Waals surface area (Å²) in [5.41, 5.74) is 0.680. The quantitative estimate of drug-likeness (QED) is 0.848. The zero-order valence-electron chi connectivity index (χ0n) is 16.6. The van der Waals surface area contributed by atoms with Crippen LogP contribution < -0.4 is 5.32 Å². The fraction of sp³-hybridized carbons (Fsp3) is 0.435. The normalized spacial score (nSPS) is 19.6. The predicted molar refractivity (Wildman–Crippen MR) is 111 cm³/mol. The summed E-state index contributed by atoms with van der Waals surface area (Å²) >= 11 is 0. The Morgan fingerprint density at radius 3 is 2.69 bits per heavy atom. The number of fused-ring (bicyclic) bond motifs is 1. The Morgan fingerprint density at radius 1 is 1.03 bits per heavy atom. The van der Waals surface area contributed by atoms with Crippen molar-refractivity contribution in [2.75, 3.05) is 32.7 Å². The van der Waals surface area contributed by atoms with Gasteiger partial charge in [0.05, 0.1) is 6.54 Å². The van der Waals surface area contributed by atoms with E-state index in [1.807, 2.05) is 47.4 Å². The first kappa shape index (κ1) is 19.4. The Labute approximate surface area is 170 Å². The van der Waals surface area contributed by atoms with Crippen molar-refractivity contribution in [3.63, 3.8) is 0 Å². The highest BCUT2D eigenvalue weighted by molar-refractivity contribution is 6.07. The van der Waals surface area contributed by atoms with E-state index < -0.39 is 0 Å². The molecule has 0 radical (unpaired) electrons. The summed E-state index contributed by atoms with van der Waals surface area (Å²) in [7, 11) is 0. The number of hydrogen-bond donors (Lipinski definition) is 1. The standard InChI is InChI=1S/C23H27N3O3/c27-21-11-5-13-26(21)16-22(28)25-12-4-6-17(15-25)14-24-23(29)20-10-3-8-18-7-1-2-9-19(18)20/h1-3,7-10,17H,4-6,11-16H2,(H,24,29)/t17-/m0/s1. The van der Waals surface area contributed by atoms with E-state index in [0.717, 1.165) is 36.6 Å². The second-order valence-electron chi connectivity index (χ2n) is 8.00. The third-order valence-corrected chi connectivity index (χ3v) is 5.95.